The summed E-state index contributed by atoms with van der Waals surface area (Å²) in [5.41, 5.74) is 5.33. The van der Waals surface area contributed by atoms with E-state index >= 15 is 0 Å². The van der Waals surface area contributed by atoms with Crippen LogP contribution < -0.4 is 20.5 Å². The van der Waals surface area contributed by atoms with Crippen molar-refractivity contribution in [2.75, 3.05) is 20.8 Å². The number of ether oxygens (including phenoxy) is 2. The number of rotatable bonds is 6. The van der Waals surface area contributed by atoms with Gasteiger partial charge in [-0.2, -0.15) is 13.2 Å². The molecule has 1 amide bonds. The molecule has 0 bridgehead atoms. The van der Waals surface area contributed by atoms with E-state index in [1.54, 1.807) is 6.07 Å². The number of benzene rings is 1. The highest BCUT2D eigenvalue weighted by Gasteiger charge is 2.31. The topological polar surface area (TPSA) is 73.6 Å². The van der Waals surface area contributed by atoms with E-state index in [2.05, 4.69) is 5.32 Å². The first-order chi connectivity index (χ1) is 9.30. The fraction of sp³-hybridized carbons (Fsp3) is 0.417. The van der Waals surface area contributed by atoms with Crippen LogP contribution in [-0.4, -0.2) is 32.8 Å². The molecule has 0 aliphatic heterocycles. The molecule has 0 saturated heterocycles. The molecule has 5 nitrogen and oxygen atoms in total. The van der Waals surface area contributed by atoms with Crippen molar-refractivity contribution in [2.45, 2.75) is 12.2 Å². The van der Waals surface area contributed by atoms with Gasteiger partial charge in [-0.15, -0.1) is 0 Å². The standard InChI is InChI=1S/C12H15F3N2O3/c1-19-8-5-3-4-7(10(8)20-2)9(11(16)18)17-6-12(13,14)15/h3-5,9,17H,6H2,1-2H3,(H2,16,18). The highest BCUT2D eigenvalue weighted by Crippen LogP contribution is 2.34. The zero-order valence-electron chi connectivity index (χ0n) is 11.0. The molecule has 0 fully saturated rings. The van der Waals surface area contributed by atoms with Crippen LogP contribution in [0.1, 0.15) is 11.6 Å². The second-order valence-electron chi connectivity index (χ2n) is 3.91. The van der Waals surface area contributed by atoms with Crippen LogP contribution in [0, 0.1) is 0 Å². The lowest BCUT2D eigenvalue weighted by Crippen LogP contribution is -2.39. The molecule has 0 radical (unpaired) electrons. The summed E-state index contributed by atoms with van der Waals surface area (Å²) < 4.78 is 46.9. The second-order valence-corrected chi connectivity index (χ2v) is 3.91. The Morgan fingerprint density at radius 3 is 2.45 bits per heavy atom. The van der Waals surface area contributed by atoms with Crippen LogP contribution in [0.15, 0.2) is 18.2 Å². The largest absolute Gasteiger partial charge is 0.493 e. The van der Waals surface area contributed by atoms with Gasteiger partial charge in [0.1, 0.15) is 6.04 Å². The van der Waals surface area contributed by atoms with Gasteiger partial charge in [0.15, 0.2) is 11.5 Å². The van der Waals surface area contributed by atoms with E-state index in [1.807, 2.05) is 0 Å². The summed E-state index contributed by atoms with van der Waals surface area (Å²) in [4.78, 5) is 11.4. The maximum Gasteiger partial charge on any atom is 0.401 e. The maximum atomic E-state index is 12.3. The SMILES string of the molecule is COc1cccc(C(NCC(F)(F)F)C(N)=O)c1OC. The van der Waals surface area contributed by atoms with E-state index in [1.165, 1.54) is 26.4 Å². The number of amides is 1. The van der Waals surface area contributed by atoms with Crippen molar-refractivity contribution in [3.8, 4) is 11.5 Å². The third kappa shape index (κ3) is 4.02. The zero-order chi connectivity index (χ0) is 15.3. The predicted molar refractivity (Wildman–Crippen MR) is 65.5 cm³/mol. The Kier molecular flexibility index (Phi) is 5.20. The van der Waals surface area contributed by atoms with Gasteiger partial charge in [-0.3, -0.25) is 10.1 Å². The summed E-state index contributed by atoms with van der Waals surface area (Å²) in [7, 11) is 2.70. The molecular formula is C12H15F3N2O3. The van der Waals surface area contributed by atoms with Crippen LogP contribution in [0.4, 0.5) is 13.2 Å². The molecule has 1 atom stereocenters. The van der Waals surface area contributed by atoms with E-state index < -0.39 is 24.7 Å². The number of primary amides is 1. The average molecular weight is 292 g/mol. The van der Waals surface area contributed by atoms with Crippen LogP contribution in [0.3, 0.4) is 0 Å². The number of para-hydroxylation sites is 1. The fourth-order valence-electron chi connectivity index (χ4n) is 1.72. The van der Waals surface area contributed by atoms with E-state index in [4.69, 9.17) is 15.2 Å². The molecule has 1 rings (SSSR count). The Labute approximate surface area is 113 Å². The van der Waals surface area contributed by atoms with Gasteiger partial charge in [0.05, 0.1) is 20.8 Å². The van der Waals surface area contributed by atoms with Crippen molar-refractivity contribution >= 4 is 5.91 Å². The summed E-state index contributed by atoms with van der Waals surface area (Å²) in [6.45, 7) is -1.35. The van der Waals surface area contributed by atoms with Crippen molar-refractivity contribution in [3.05, 3.63) is 23.8 Å². The quantitative estimate of drug-likeness (QED) is 0.831. The highest BCUT2D eigenvalue weighted by molar-refractivity contribution is 5.82. The molecule has 0 heterocycles. The molecule has 3 N–H and O–H groups in total. The third-order valence-corrected chi connectivity index (χ3v) is 2.54. The molecule has 1 aromatic carbocycles. The first kappa shape index (κ1) is 16.1. The number of carbonyl (C=O) groups excluding carboxylic acids is 1. The van der Waals surface area contributed by atoms with Gasteiger partial charge in [0, 0.05) is 5.56 Å². The fourth-order valence-corrected chi connectivity index (χ4v) is 1.72. The number of nitrogens with one attached hydrogen (secondary N) is 1. The molecule has 0 aliphatic rings. The van der Waals surface area contributed by atoms with Gasteiger partial charge in [-0.05, 0) is 6.07 Å². The van der Waals surface area contributed by atoms with Crippen LogP contribution in [0.5, 0.6) is 11.5 Å². The Hall–Kier alpha value is -1.96. The first-order valence-electron chi connectivity index (χ1n) is 5.60. The smallest absolute Gasteiger partial charge is 0.401 e. The van der Waals surface area contributed by atoms with Crippen molar-refractivity contribution in [1.29, 1.82) is 0 Å². The molecule has 0 aliphatic carbocycles. The lowest BCUT2D eigenvalue weighted by atomic mass is 10.0. The Balaban J connectivity index is 3.12. The maximum absolute atomic E-state index is 12.3. The first-order valence-corrected chi connectivity index (χ1v) is 5.60. The average Bonchev–Trinajstić information content (AvgIpc) is 2.36. The van der Waals surface area contributed by atoms with Crippen molar-refractivity contribution in [1.82, 2.24) is 5.32 Å². The number of methoxy groups -OCH3 is 2. The number of alkyl halides is 3. The van der Waals surface area contributed by atoms with E-state index in [0.29, 0.717) is 5.75 Å². The molecule has 8 heteroatoms. The van der Waals surface area contributed by atoms with Gasteiger partial charge in [-0.25, -0.2) is 0 Å². The Morgan fingerprint density at radius 1 is 1.35 bits per heavy atom. The third-order valence-electron chi connectivity index (χ3n) is 2.54. The van der Waals surface area contributed by atoms with Crippen molar-refractivity contribution in [3.63, 3.8) is 0 Å². The van der Waals surface area contributed by atoms with Crippen LogP contribution >= 0.6 is 0 Å². The zero-order valence-corrected chi connectivity index (χ0v) is 11.0. The van der Waals surface area contributed by atoms with E-state index in [0.717, 1.165) is 0 Å². The predicted octanol–water partition coefficient (Wildman–Crippen LogP) is 1.38. The summed E-state index contributed by atoms with van der Waals surface area (Å²) in [6, 6.07) is 3.20. The lowest BCUT2D eigenvalue weighted by molar-refractivity contribution is -0.130. The minimum atomic E-state index is -4.46. The summed E-state index contributed by atoms with van der Waals surface area (Å²) in [5.74, 6) is -0.487. The molecule has 0 aromatic heterocycles. The Bertz CT molecular complexity index is 478. The van der Waals surface area contributed by atoms with Crippen LogP contribution in [0.25, 0.3) is 0 Å². The van der Waals surface area contributed by atoms with Gasteiger partial charge in [-0.1, -0.05) is 12.1 Å². The monoisotopic (exact) mass is 292 g/mol. The number of hydrogen-bond donors (Lipinski definition) is 2. The molecule has 20 heavy (non-hydrogen) atoms. The molecule has 0 saturated carbocycles. The minimum absolute atomic E-state index is 0.161. The normalized spacial score (nSPS) is 12.8. The number of hydrogen-bond acceptors (Lipinski definition) is 4. The molecule has 1 aromatic rings. The molecule has 0 spiro atoms. The molecule has 112 valence electrons. The minimum Gasteiger partial charge on any atom is -0.493 e. The van der Waals surface area contributed by atoms with Crippen molar-refractivity contribution in [2.24, 2.45) is 5.73 Å². The van der Waals surface area contributed by atoms with Crippen LogP contribution in [0.2, 0.25) is 0 Å². The lowest BCUT2D eigenvalue weighted by Gasteiger charge is -2.20. The highest BCUT2D eigenvalue weighted by atomic mass is 19.4. The molecular weight excluding hydrogens is 277 g/mol. The summed E-state index contributed by atoms with van der Waals surface area (Å²) in [5, 5.41) is 2.07. The van der Waals surface area contributed by atoms with E-state index in [-0.39, 0.29) is 11.3 Å². The number of halogens is 3. The number of carbonyl (C=O) groups is 1. The summed E-state index contributed by atoms with van der Waals surface area (Å²) >= 11 is 0. The summed E-state index contributed by atoms with van der Waals surface area (Å²) in [6.07, 6.45) is -4.46. The van der Waals surface area contributed by atoms with Gasteiger partial charge in [0.2, 0.25) is 5.91 Å². The van der Waals surface area contributed by atoms with E-state index in [9.17, 15) is 18.0 Å². The van der Waals surface area contributed by atoms with Gasteiger partial charge >= 0.3 is 6.18 Å². The second kappa shape index (κ2) is 6.47. The number of nitrogens with two attached hydrogens (primary N) is 1. The van der Waals surface area contributed by atoms with Crippen LogP contribution in [-0.2, 0) is 4.79 Å². The van der Waals surface area contributed by atoms with Gasteiger partial charge in [0.25, 0.3) is 0 Å². The molecule has 1 unspecified atom stereocenters. The van der Waals surface area contributed by atoms with Crippen molar-refractivity contribution < 1.29 is 27.4 Å². The Morgan fingerprint density at radius 2 is 2.00 bits per heavy atom. The van der Waals surface area contributed by atoms with Gasteiger partial charge < -0.3 is 15.2 Å².